The number of nitrogens with zero attached hydrogens (tertiary/aromatic N) is 4. The number of aliphatic hydroxyl groups is 1. The van der Waals surface area contributed by atoms with E-state index in [1.54, 1.807) is 0 Å². The Morgan fingerprint density at radius 1 is 1.04 bits per heavy atom. The highest BCUT2D eigenvalue weighted by molar-refractivity contribution is 5.62. The Morgan fingerprint density at radius 3 is 2.36 bits per heavy atom. The molecule has 1 heterocycles. The van der Waals surface area contributed by atoms with Crippen LogP contribution in [-0.4, -0.2) is 31.9 Å². The molecule has 3 aromatic rings. The zero-order valence-corrected chi connectivity index (χ0v) is 14.4. The molecule has 0 aliphatic carbocycles. The first-order chi connectivity index (χ1) is 13.3. The van der Waals surface area contributed by atoms with Crippen molar-refractivity contribution in [1.82, 2.24) is 20.2 Å². The summed E-state index contributed by atoms with van der Waals surface area (Å²) >= 11 is 0. The van der Waals surface area contributed by atoms with Gasteiger partial charge in [-0.25, -0.2) is 8.78 Å². The maximum Gasteiger partial charge on any atom is 0.416 e. The van der Waals surface area contributed by atoms with Crippen molar-refractivity contribution in [3.63, 3.8) is 0 Å². The predicted octanol–water partition coefficient (Wildman–Crippen LogP) is 3.88. The fraction of sp³-hybridized carbons (Fsp3) is 0.278. The molecule has 0 bridgehead atoms. The van der Waals surface area contributed by atoms with Gasteiger partial charge in [0.15, 0.2) is 0 Å². The zero-order valence-electron chi connectivity index (χ0n) is 14.4. The van der Waals surface area contributed by atoms with Crippen LogP contribution in [0.1, 0.15) is 28.7 Å². The number of benzene rings is 2. The van der Waals surface area contributed by atoms with Gasteiger partial charge in [0.05, 0.1) is 18.7 Å². The van der Waals surface area contributed by atoms with Crippen LogP contribution in [0.4, 0.5) is 22.0 Å². The van der Waals surface area contributed by atoms with Crippen LogP contribution in [0.5, 0.6) is 0 Å². The lowest BCUT2D eigenvalue weighted by Gasteiger charge is -2.11. The van der Waals surface area contributed by atoms with Crippen LogP contribution in [0.2, 0.25) is 0 Å². The largest absolute Gasteiger partial charge is 0.416 e. The maximum atomic E-state index is 13.1. The van der Waals surface area contributed by atoms with Crippen molar-refractivity contribution in [2.75, 3.05) is 6.61 Å². The molecule has 3 rings (SSSR count). The minimum Gasteiger partial charge on any atom is -0.394 e. The number of hydrogen-bond donors (Lipinski definition) is 1. The van der Waals surface area contributed by atoms with Gasteiger partial charge in [-0.1, -0.05) is 24.3 Å². The molecule has 0 saturated heterocycles. The fourth-order valence-corrected chi connectivity index (χ4v) is 2.66. The molecule has 1 aromatic heterocycles. The van der Waals surface area contributed by atoms with E-state index in [1.807, 2.05) is 0 Å². The van der Waals surface area contributed by atoms with Crippen LogP contribution in [0.15, 0.2) is 42.5 Å². The monoisotopic (exact) mass is 398 g/mol. The molecule has 0 fully saturated rings. The summed E-state index contributed by atoms with van der Waals surface area (Å²) in [5.74, 6) is 0.0952. The minimum atomic E-state index is -4.43. The molecule has 2 aromatic carbocycles. The first kappa shape index (κ1) is 19.9. The summed E-state index contributed by atoms with van der Waals surface area (Å²) in [7, 11) is 0. The topological polar surface area (TPSA) is 63.8 Å². The molecule has 10 heteroatoms. The number of tetrazole rings is 1. The molecule has 5 nitrogen and oxygen atoms in total. The lowest BCUT2D eigenvalue weighted by Crippen LogP contribution is -2.06. The third-order valence-electron chi connectivity index (χ3n) is 4.06. The first-order valence-corrected chi connectivity index (χ1v) is 8.24. The molecular weight excluding hydrogens is 383 g/mol. The summed E-state index contributed by atoms with van der Waals surface area (Å²) in [5.41, 5.74) is 0.444. The quantitative estimate of drug-likeness (QED) is 0.640. The summed E-state index contributed by atoms with van der Waals surface area (Å²) in [5, 5.41) is 20.6. The van der Waals surface area contributed by atoms with Crippen LogP contribution in [-0.2, 0) is 19.1 Å². The fourth-order valence-electron chi connectivity index (χ4n) is 2.66. The summed E-state index contributed by atoms with van der Waals surface area (Å²) in [6.45, 7) is -0.124. The minimum absolute atomic E-state index is 0.0930. The highest BCUT2D eigenvalue weighted by Gasteiger charge is 2.30. The molecular formula is C18H15F5N4O. The highest BCUT2D eigenvalue weighted by Crippen LogP contribution is 2.31. The standard InChI is InChI=1S/C18H15F5N4O/c19-16(20)13-4-3-12(9-11-1-5-14(6-2-11)18(21,22)23)15(10-13)17-24-26-27(25-17)7-8-28/h1-6,10,16,28H,7-9H2. The molecule has 0 amide bonds. The Balaban J connectivity index is 1.95. The number of aliphatic hydroxyl groups excluding tert-OH is 1. The van der Waals surface area contributed by atoms with Crippen molar-refractivity contribution in [3.8, 4) is 11.4 Å². The second-order valence-electron chi connectivity index (χ2n) is 6.02. The van der Waals surface area contributed by atoms with Crippen molar-refractivity contribution >= 4 is 0 Å². The maximum absolute atomic E-state index is 13.1. The Kier molecular flexibility index (Phi) is 5.68. The van der Waals surface area contributed by atoms with Crippen LogP contribution in [0, 0.1) is 0 Å². The van der Waals surface area contributed by atoms with Crippen molar-refractivity contribution in [2.45, 2.75) is 25.6 Å². The Morgan fingerprint density at radius 2 is 1.75 bits per heavy atom. The molecule has 0 aliphatic rings. The molecule has 0 aliphatic heterocycles. The number of hydrogen-bond acceptors (Lipinski definition) is 4. The van der Waals surface area contributed by atoms with Gasteiger partial charge in [0.25, 0.3) is 6.43 Å². The van der Waals surface area contributed by atoms with Crippen molar-refractivity contribution in [3.05, 3.63) is 64.7 Å². The van der Waals surface area contributed by atoms with E-state index in [0.717, 1.165) is 16.9 Å². The van der Waals surface area contributed by atoms with E-state index in [9.17, 15) is 22.0 Å². The third-order valence-corrected chi connectivity index (χ3v) is 4.06. The van der Waals surface area contributed by atoms with Gasteiger partial charge in [-0.05, 0) is 41.0 Å². The molecule has 0 spiro atoms. The van der Waals surface area contributed by atoms with Gasteiger partial charge in [0.1, 0.15) is 0 Å². The van der Waals surface area contributed by atoms with E-state index in [0.29, 0.717) is 16.7 Å². The predicted molar refractivity (Wildman–Crippen MR) is 89.5 cm³/mol. The number of rotatable bonds is 6. The third kappa shape index (κ3) is 4.50. The summed E-state index contributed by atoms with van der Waals surface area (Å²) in [6.07, 6.45) is -6.94. The van der Waals surface area contributed by atoms with E-state index in [2.05, 4.69) is 15.4 Å². The SMILES string of the molecule is OCCn1nnc(-c2cc(C(F)F)ccc2Cc2ccc(C(F)(F)F)cc2)n1. The molecule has 28 heavy (non-hydrogen) atoms. The first-order valence-electron chi connectivity index (χ1n) is 8.24. The van der Waals surface area contributed by atoms with Gasteiger partial charge in [-0.15, -0.1) is 10.2 Å². The molecule has 0 atom stereocenters. The van der Waals surface area contributed by atoms with E-state index >= 15 is 0 Å². The van der Waals surface area contributed by atoms with Gasteiger partial charge in [0, 0.05) is 11.1 Å². The summed E-state index contributed by atoms with van der Waals surface area (Å²) in [6, 6.07) is 8.58. The van der Waals surface area contributed by atoms with Gasteiger partial charge >= 0.3 is 6.18 Å². The number of halogens is 5. The van der Waals surface area contributed by atoms with Gasteiger partial charge < -0.3 is 5.11 Å². The Labute approximate surface area is 156 Å². The van der Waals surface area contributed by atoms with Crippen LogP contribution < -0.4 is 0 Å². The number of alkyl halides is 5. The number of aromatic nitrogens is 4. The molecule has 0 radical (unpaired) electrons. The molecule has 0 unspecified atom stereocenters. The van der Waals surface area contributed by atoms with Crippen LogP contribution in [0.25, 0.3) is 11.4 Å². The van der Waals surface area contributed by atoms with E-state index in [4.69, 9.17) is 5.11 Å². The van der Waals surface area contributed by atoms with E-state index in [-0.39, 0.29) is 31.0 Å². The van der Waals surface area contributed by atoms with E-state index in [1.165, 1.54) is 30.3 Å². The van der Waals surface area contributed by atoms with Gasteiger partial charge in [-0.3, -0.25) is 0 Å². The average Bonchev–Trinajstić information content (AvgIpc) is 3.10. The molecule has 1 N–H and O–H groups in total. The smallest absolute Gasteiger partial charge is 0.394 e. The second kappa shape index (κ2) is 8.01. The highest BCUT2D eigenvalue weighted by atomic mass is 19.4. The molecule has 148 valence electrons. The second-order valence-corrected chi connectivity index (χ2v) is 6.02. The summed E-state index contributed by atoms with van der Waals surface area (Å²) < 4.78 is 64.3. The van der Waals surface area contributed by atoms with Crippen LogP contribution >= 0.6 is 0 Å². The van der Waals surface area contributed by atoms with Crippen LogP contribution in [0.3, 0.4) is 0 Å². The van der Waals surface area contributed by atoms with Crippen molar-refractivity contribution in [2.24, 2.45) is 0 Å². The van der Waals surface area contributed by atoms with E-state index < -0.39 is 18.2 Å². The molecule has 0 saturated carbocycles. The van der Waals surface area contributed by atoms with Gasteiger partial charge in [-0.2, -0.15) is 18.0 Å². The van der Waals surface area contributed by atoms with Crippen molar-refractivity contribution < 1.29 is 27.1 Å². The zero-order chi connectivity index (χ0) is 20.3. The van der Waals surface area contributed by atoms with Gasteiger partial charge in [0.2, 0.25) is 5.82 Å². The average molecular weight is 398 g/mol. The Hall–Kier alpha value is -2.88. The van der Waals surface area contributed by atoms with Crippen molar-refractivity contribution in [1.29, 1.82) is 0 Å². The summed E-state index contributed by atoms with van der Waals surface area (Å²) in [4.78, 5) is 1.13. The lowest BCUT2D eigenvalue weighted by molar-refractivity contribution is -0.137. The normalized spacial score (nSPS) is 12.0. The Bertz CT molecular complexity index is 938. The lowest BCUT2D eigenvalue weighted by atomic mass is 9.96.